The molecule has 0 aromatic heterocycles. The minimum absolute atomic E-state index is 0.0923. The van der Waals surface area contributed by atoms with Gasteiger partial charge in [-0.05, 0) is 43.4 Å². The Morgan fingerprint density at radius 2 is 1.72 bits per heavy atom. The SMILES string of the molecule is Cc1ccc(/C=C/C(=O)C2(C(=O)NCCc3ccccc3)CC2)cc1. The summed E-state index contributed by atoms with van der Waals surface area (Å²) in [6.07, 6.45) is 5.39. The molecule has 0 heterocycles. The Morgan fingerprint density at radius 3 is 2.36 bits per heavy atom. The second-order valence-corrected chi connectivity index (χ2v) is 6.68. The third-order valence-corrected chi connectivity index (χ3v) is 4.70. The van der Waals surface area contributed by atoms with E-state index < -0.39 is 5.41 Å². The quantitative estimate of drug-likeness (QED) is 0.620. The smallest absolute Gasteiger partial charge is 0.234 e. The fourth-order valence-electron chi connectivity index (χ4n) is 2.85. The van der Waals surface area contributed by atoms with Gasteiger partial charge in [0.25, 0.3) is 0 Å². The van der Waals surface area contributed by atoms with Crippen molar-refractivity contribution < 1.29 is 9.59 Å². The summed E-state index contributed by atoms with van der Waals surface area (Å²) in [6, 6.07) is 18.0. The fraction of sp³-hybridized carbons (Fsp3) is 0.273. The lowest BCUT2D eigenvalue weighted by molar-refractivity contribution is -0.133. The van der Waals surface area contributed by atoms with E-state index in [4.69, 9.17) is 0 Å². The largest absolute Gasteiger partial charge is 0.355 e. The Kier molecular flexibility index (Phi) is 5.13. The van der Waals surface area contributed by atoms with Gasteiger partial charge in [-0.25, -0.2) is 0 Å². The Hall–Kier alpha value is -2.68. The van der Waals surface area contributed by atoms with Crippen LogP contribution in [0.4, 0.5) is 0 Å². The van der Waals surface area contributed by atoms with E-state index in [0.717, 1.165) is 12.0 Å². The molecular weight excluding hydrogens is 310 g/mol. The van der Waals surface area contributed by atoms with Crippen LogP contribution in [-0.2, 0) is 16.0 Å². The lowest BCUT2D eigenvalue weighted by Gasteiger charge is -2.12. The highest BCUT2D eigenvalue weighted by Crippen LogP contribution is 2.47. The van der Waals surface area contributed by atoms with E-state index in [1.54, 1.807) is 12.2 Å². The molecule has 1 saturated carbocycles. The molecule has 2 aromatic rings. The van der Waals surface area contributed by atoms with Crippen LogP contribution in [0.5, 0.6) is 0 Å². The van der Waals surface area contributed by atoms with Crippen LogP contribution >= 0.6 is 0 Å². The molecule has 1 N–H and O–H groups in total. The molecule has 3 rings (SSSR count). The molecule has 0 bridgehead atoms. The average Bonchev–Trinajstić information content (AvgIpc) is 3.44. The highest BCUT2D eigenvalue weighted by molar-refractivity contribution is 6.14. The van der Waals surface area contributed by atoms with E-state index in [-0.39, 0.29) is 11.7 Å². The second-order valence-electron chi connectivity index (χ2n) is 6.68. The minimum atomic E-state index is -0.835. The average molecular weight is 333 g/mol. The van der Waals surface area contributed by atoms with Crippen molar-refractivity contribution in [3.63, 3.8) is 0 Å². The fourth-order valence-corrected chi connectivity index (χ4v) is 2.85. The van der Waals surface area contributed by atoms with Crippen LogP contribution in [0.1, 0.15) is 29.5 Å². The number of ketones is 1. The first-order chi connectivity index (χ1) is 12.1. The molecule has 1 aliphatic rings. The Labute approximate surface area is 148 Å². The molecule has 3 heteroatoms. The molecule has 0 atom stereocenters. The third kappa shape index (κ3) is 4.24. The van der Waals surface area contributed by atoms with Crippen LogP contribution in [0.25, 0.3) is 6.08 Å². The van der Waals surface area contributed by atoms with E-state index in [0.29, 0.717) is 19.4 Å². The van der Waals surface area contributed by atoms with Crippen molar-refractivity contribution in [3.05, 3.63) is 77.4 Å². The number of rotatable bonds is 7. The summed E-state index contributed by atoms with van der Waals surface area (Å²) in [4.78, 5) is 24.9. The Morgan fingerprint density at radius 1 is 1.04 bits per heavy atom. The molecule has 1 fully saturated rings. The second kappa shape index (κ2) is 7.47. The van der Waals surface area contributed by atoms with Crippen molar-refractivity contribution in [2.75, 3.05) is 6.54 Å². The summed E-state index contributed by atoms with van der Waals surface area (Å²) < 4.78 is 0. The normalized spacial score (nSPS) is 15.1. The third-order valence-electron chi connectivity index (χ3n) is 4.70. The number of nitrogens with one attached hydrogen (secondary N) is 1. The number of benzene rings is 2. The van der Waals surface area contributed by atoms with Crippen molar-refractivity contribution in [1.82, 2.24) is 5.32 Å². The summed E-state index contributed by atoms with van der Waals surface area (Å²) in [7, 11) is 0. The first kappa shape index (κ1) is 17.2. The van der Waals surface area contributed by atoms with Crippen molar-refractivity contribution in [2.45, 2.75) is 26.2 Å². The van der Waals surface area contributed by atoms with Crippen LogP contribution < -0.4 is 5.32 Å². The van der Waals surface area contributed by atoms with Crippen LogP contribution in [0.2, 0.25) is 0 Å². The molecule has 1 aliphatic carbocycles. The van der Waals surface area contributed by atoms with Crippen LogP contribution in [0, 0.1) is 12.3 Å². The van der Waals surface area contributed by atoms with E-state index in [1.165, 1.54) is 11.1 Å². The molecule has 25 heavy (non-hydrogen) atoms. The molecule has 0 radical (unpaired) electrons. The lowest BCUT2D eigenvalue weighted by atomic mass is 9.98. The number of carbonyl (C=O) groups excluding carboxylic acids is 2. The van der Waals surface area contributed by atoms with Gasteiger partial charge >= 0.3 is 0 Å². The van der Waals surface area contributed by atoms with E-state index in [9.17, 15) is 9.59 Å². The standard InChI is InChI=1S/C22H23NO2/c1-17-7-9-19(10-8-17)11-12-20(24)22(14-15-22)21(25)23-16-13-18-5-3-2-4-6-18/h2-12H,13-16H2,1H3,(H,23,25)/b12-11+. The van der Waals surface area contributed by atoms with Gasteiger partial charge in [0, 0.05) is 6.54 Å². The van der Waals surface area contributed by atoms with Crippen LogP contribution in [-0.4, -0.2) is 18.2 Å². The molecule has 0 spiro atoms. The van der Waals surface area contributed by atoms with Crippen molar-refractivity contribution in [1.29, 1.82) is 0 Å². The maximum absolute atomic E-state index is 12.5. The van der Waals surface area contributed by atoms with Gasteiger partial charge in [-0.15, -0.1) is 0 Å². The molecule has 0 unspecified atom stereocenters. The predicted octanol–water partition coefficient (Wildman–Crippen LogP) is 3.72. The number of carbonyl (C=O) groups is 2. The summed E-state index contributed by atoms with van der Waals surface area (Å²) in [6.45, 7) is 2.58. The van der Waals surface area contributed by atoms with Crippen LogP contribution in [0.15, 0.2) is 60.7 Å². The summed E-state index contributed by atoms with van der Waals surface area (Å²) >= 11 is 0. The van der Waals surface area contributed by atoms with Crippen molar-refractivity contribution in [3.8, 4) is 0 Å². The molecule has 128 valence electrons. The predicted molar refractivity (Wildman–Crippen MR) is 100 cm³/mol. The van der Waals surface area contributed by atoms with E-state index >= 15 is 0 Å². The summed E-state index contributed by atoms with van der Waals surface area (Å²) in [5, 5.41) is 2.93. The maximum Gasteiger partial charge on any atom is 0.234 e. The zero-order chi connectivity index (χ0) is 17.7. The molecule has 0 aliphatic heterocycles. The first-order valence-corrected chi connectivity index (χ1v) is 8.72. The number of hydrogen-bond donors (Lipinski definition) is 1. The number of amides is 1. The van der Waals surface area contributed by atoms with Gasteiger partial charge < -0.3 is 5.32 Å². The maximum atomic E-state index is 12.5. The summed E-state index contributed by atoms with van der Waals surface area (Å²) in [5.41, 5.74) is 2.50. The van der Waals surface area contributed by atoms with Gasteiger partial charge in [-0.1, -0.05) is 66.2 Å². The van der Waals surface area contributed by atoms with E-state index in [1.807, 2.05) is 61.5 Å². The molecule has 2 aromatic carbocycles. The Bertz CT molecular complexity index is 771. The van der Waals surface area contributed by atoms with Gasteiger partial charge in [0.05, 0.1) is 0 Å². The monoisotopic (exact) mass is 333 g/mol. The van der Waals surface area contributed by atoms with E-state index in [2.05, 4.69) is 5.32 Å². The zero-order valence-corrected chi connectivity index (χ0v) is 14.5. The lowest BCUT2D eigenvalue weighted by Crippen LogP contribution is -2.37. The summed E-state index contributed by atoms with van der Waals surface area (Å²) in [5.74, 6) is -0.229. The van der Waals surface area contributed by atoms with Crippen molar-refractivity contribution >= 4 is 17.8 Å². The molecule has 1 amide bonds. The van der Waals surface area contributed by atoms with Crippen LogP contribution in [0.3, 0.4) is 0 Å². The zero-order valence-electron chi connectivity index (χ0n) is 14.5. The number of hydrogen-bond acceptors (Lipinski definition) is 2. The molecule has 3 nitrogen and oxygen atoms in total. The number of aryl methyl sites for hydroxylation is 1. The molecule has 0 saturated heterocycles. The van der Waals surface area contributed by atoms with Crippen molar-refractivity contribution in [2.24, 2.45) is 5.41 Å². The van der Waals surface area contributed by atoms with Gasteiger partial charge in [0.15, 0.2) is 5.78 Å². The first-order valence-electron chi connectivity index (χ1n) is 8.72. The Balaban J connectivity index is 1.54. The number of allylic oxidation sites excluding steroid dienone is 1. The minimum Gasteiger partial charge on any atom is -0.355 e. The highest BCUT2D eigenvalue weighted by atomic mass is 16.2. The molecular formula is C22H23NO2. The van der Waals surface area contributed by atoms with Gasteiger partial charge in [0.1, 0.15) is 5.41 Å². The van der Waals surface area contributed by atoms with Gasteiger partial charge in [-0.3, -0.25) is 9.59 Å². The topological polar surface area (TPSA) is 46.2 Å². The van der Waals surface area contributed by atoms with Gasteiger partial charge in [-0.2, -0.15) is 0 Å². The highest BCUT2D eigenvalue weighted by Gasteiger charge is 2.54. The van der Waals surface area contributed by atoms with Gasteiger partial charge in [0.2, 0.25) is 5.91 Å².